The normalized spacial score (nSPS) is 20.8. The first-order chi connectivity index (χ1) is 18.1. The minimum atomic E-state index is -1.08. The van der Waals surface area contributed by atoms with Crippen LogP contribution in [0.25, 0.3) is 0 Å². The van der Waals surface area contributed by atoms with Gasteiger partial charge in [-0.3, -0.25) is 4.79 Å². The molecular weight excluding hydrogens is 851 g/mol. The van der Waals surface area contributed by atoms with Gasteiger partial charge in [0.05, 0.1) is 22.8 Å². The Bertz CT molecular complexity index is 1210. The van der Waals surface area contributed by atoms with Crippen molar-refractivity contribution in [1.29, 1.82) is 0 Å². The number of phenolic OH excluding ortho intramolecular Hbond substituents is 1. The number of amides is 3. The van der Waals surface area contributed by atoms with Crippen molar-refractivity contribution >= 4 is 97.4 Å². The standard InChI is InChI=1S/C25H26I3N3O6S/c26-14-10-13(5-6-19(14)32)37-23-15(27)7-12(8-16(23)28)9-17(24(34)35)29-21(33)4-2-1-3-20-22-18(11-38-20)30-25(36)31-22/h5-8,10,17-18,20,22,32H,1-4,9,11H2,(H,29,33)(H,34,35)(H2,30,31,36). The average molecular weight is 877 g/mol. The molecule has 2 aromatic carbocycles. The van der Waals surface area contributed by atoms with Crippen LogP contribution in [0.4, 0.5) is 4.79 Å². The van der Waals surface area contributed by atoms with Gasteiger partial charge in [0, 0.05) is 23.8 Å². The predicted molar refractivity (Wildman–Crippen MR) is 170 cm³/mol. The highest BCUT2D eigenvalue weighted by molar-refractivity contribution is 14.1. The molecule has 2 heterocycles. The van der Waals surface area contributed by atoms with Crippen molar-refractivity contribution in [3.05, 3.63) is 46.6 Å². The van der Waals surface area contributed by atoms with Gasteiger partial charge in [0.1, 0.15) is 17.5 Å². The summed E-state index contributed by atoms with van der Waals surface area (Å²) in [6.07, 6.45) is 2.80. The van der Waals surface area contributed by atoms with E-state index in [0.717, 1.165) is 31.3 Å². The highest BCUT2D eigenvalue weighted by atomic mass is 127. The van der Waals surface area contributed by atoms with Gasteiger partial charge in [-0.05, 0) is 117 Å². The maximum Gasteiger partial charge on any atom is 0.326 e. The molecule has 204 valence electrons. The number of aromatic hydroxyl groups is 1. The number of hydrogen-bond acceptors (Lipinski definition) is 6. The van der Waals surface area contributed by atoms with Crippen molar-refractivity contribution in [3.63, 3.8) is 0 Å². The number of carbonyl (C=O) groups is 3. The summed E-state index contributed by atoms with van der Waals surface area (Å²) in [5.74, 6) is 0.948. The zero-order chi connectivity index (χ0) is 27.4. The summed E-state index contributed by atoms with van der Waals surface area (Å²) in [6, 6.07) is 7.88. The first-order valence-corrected chi connectivity index (χ1v) is 16.2. The number of carboxylic acid groups (broad SMARTS) is 1. The van der Waals surface area contributed by atoms with E-state index in [0.29, 0.717) is 26.7 Å². The van der Waals surface area contributed by atoms with Crippen LogP contribution in [0.1, 0.15) is 31.2 Å². The van der Waals surface area contributed by atoms with Gasteiger partial charge >= 0.3 is 12.0 Å². The smallest absolute Gasteiger partial charge is 0.326 e. The number of carbonyl (C=O) groups excluding carboxylic acids is 2. The van der Waals surface area contributed by atoms with Crippen molar-refractivity contribution < 1.29 is 29.3 Å². The average Bonchev–Trinajstić information content (AvgIpc) is 3.40. The molecule has 0 spiro atoms. The van der Waals surface area contributed by atoms with Gasteiger partial charge in [0.25, 0.3) is 0 Å². The molecule has 2 saturated heterocycles. The Morgan fingerprint density at radius 2 is 1.84 bits per heavy atom. The summed E-state index contributed by atoms with van der Waals surface area (Å²) in [7, 11) is 0. The van der Waals surface area contributed by atoms with E-state index < -0.39 is 12.0 Å². The summed E-state index contributed by atoms with van der Waals surface area (Å²) in [4.78, 5) is 35.9. The highest BCUT2D eigenvalue weighted by Gasteiger charge is 2.42. The summed E-state index contributed by atoms with van der Waals surface area (Å²) in [6.45, 7) is 0. The molecule has 2 aliphatic heterocycles. The molecule has 4 unspecified atom stereocenters. The third-order valence-corrected chi connectivity index (χ3v) is 10.3. The molecule has 2 fully saturated rings. The van der Waals surface area contributed by atoms with Crippen LogP contribution in [0.2, 0.25) is 0 Å². The molecule has 13 heteroatoms. The SMILES string of the molecule is O=C(CCCCC1SCC2NC(=O)NC21)NC(Cc1cc(I)c(Oc2ccc(O)c(I)c2)c(I)c1)C(=O)O. The fourth-order valence-corrected chi connectivity index (χ4v) is 8.62. The first kappa shape index (κ1) is 29.8. The molecule has 9 nitrogen and oxygen atoms in total. The van der Waals surface area contributed by atoms with E-state index in [-0.39, 0.29) is 42.6 Å². The van der Waals surface area contributed by atoms with E-state index in [2.05, 4.69) is 61.1 Å². The lowest BCUT2D eigenvalue weighted by molar-refractivity contribution is -0.141. The second kappa shape index (κ2) is 13.4. The van der Waals surface area contributed by atoms with Crippen molar-refractivity contribution in [2.24, 2.45) is 0 Å². The lowest BCUT2D eigenvalue weighted by Gasteiger charge is -2.18. The number of benzene rings is 2. The molecule has 4 atom stereocenters. The van der Waals surface area contributed by atoms with Crippen LogP contribution in [-0.2, 0) is 16.0 Å². The van der Waals surface area contributed by atoms with E-state index in [1.807, 2.05) is 46.5 Å². The minimum absolute atomic E-state index is 0.108. The van der Waals surface area contributed by atoms with Crippen molar-refractivity contribution in [2.75, 3.05) is 5.75 Å². The van der Waals surface area contributed by atoms with Crippen molar-refractivity contribution in [3.8, 4) is 17.2 Å². The number of unbranched alkanes of at least 4 members (excludes halogenated alkanes) is 1. The number of ether oxygens (including phenoxy) is 1. The molecule has 4 rings (SSSR count). The number of halogens is 3. The molecule has 0 radical (unpaired) electrons. The van der Waals surface area contributed by atoms with Crippen LogP contribution in [0, 0.1) is 10.7 Å². The van der Waals surface area contributed by atoms with Crippen LogP contribution in [0.15, 0.2) is 30.3 Å². The number of urea groups is 1. The Hall–Kier alpha value is -1.21. The number of fused-ring (bicyclic) bond motifs is 1. The fourth-order valence-electron chi connectivity index (χ4n) is 4.47. The third-order valence-electron chi connectivity index (χ3n) is 6.35. The maximum absolute atomic E-state index is 12.5. The highest BCUT2D eigenvalue weighted by Crippen LogP contribution is 2.35. The van der Waals surface area contributed by atoms with Crippen LogP contribution in [0.3, 0.4) is 0 Å². The topological polar surface area (TPSA) is 137 Å². The number of thioether (sulfide) groups is 1. The van der Waals surface area contributed by atoms with E-state index >= 15 is 0 Å². The molecule has 2 aromatic rings. The fraction of sp³-hybridized carbons (Fsp3) is 0.400. The van der Waals surface area contributed by atoms with Crippen molar-refractivity contribution in [2.45, 2.75) is 55.5 Å². The monoisotopic (exact) mass is 877 g/mol. The van der Waals surface area contributed by atoms with Crippen LogP contribution < -0.4 is 20.7 Å². The number of nitrogens with one attached hydrogen (secondary N) is 3. The molecule has 0 aliphatic carbocycles. The molecule has 0 saturated carbocycles. The molecule has 0 bridgehead atoms. The predicted octanol–water partition coefficient (Wildman–Crippen LogP) is 4.84. The van der Waals surface area contributed by atoms with E-state index in [1.165, 1.54) is 0 Å². The number of phenols is 1. The molecule has 2 aliphatic rings. The maximum atomic E-state index is 12.5. The third kappa shape index (κ3) is 7.71. The van der Waals surface area contributed by atoms with Gasteiger partial charge in [0.15, 0.2) is 5.75 Å². The van der Waals surface area contributed by atoms with Crippen LogP contribution in [-0.4, -0.2) is 57.2 Å². The van der Waals surface area contributed by atoms with Gasteiger partial charge in [-0.25, -0.2) is 9.59 Å². The van der Waals surface area contributed by atoms with Crippen molar-refractivity contribution in [1.82, 2.24) is 16.0 Å². The zero-order valence-corrected chi connectivity index (χ0v) is 27.3. The molecule has 3 amide bonds. The Morgan fingerprint density at radius 1 is 1.11 bits per heavy atom. The minimum Gasteiger partial charge on any atom is -0.507 e. The Kier molecular flexibility index (Phi) is 10.5. The molecule has 38 heavy (non-hydrogen) atoms. The Balaban J connectivity index is 1.28. The summed E-state index contributed by atoms with van der Waals surface area (Å²) in [5, 5.41) is 28.4. The van der Waals surface area contributed by atoms with Gasteiger partial charge in [-0.1, -0.05) is 6.42 Å². The first-order valence-electron chi connectivity index (χ1n) is 12.0. The number of carboxylic acids is 1. The summed E-state index contributed by atoms with van der Waals surface area (Å²) < 4.78 is 8.32. The second-order valence-corrected chi connectivity index (χ2v) is 13.9. The molecule has 0 aromatic heterocycles. The second-order valence-electron chi connectivity index (χ2n) is 9.13. The summed E-state index contributed by atoms with van der Waals surface area (Å²) >= 11 is 8.16. The Labute approximate surface area is 265 Å². The van der Waals surface area contributed by atoms with E-state index in [4.69, 9.17) is 4.74 Å². The number of aliphatic carboxylic acids is 1. The largest absolute Gasteiger partial charge is 0.507 e. The van der Waals surface area contributed by atoms with Crippen LogP contribution in [0.5, 0.6) is 17.2 Å². The van der Waals surface area contributed by atoms with Gasteiger partial charge < -0.3 is 30.9 Å². The Morgan fingerprint density at radius 3 is 2.53 bits per heavy atom. The lowest BCUT2D eigenvalue weighted by Crippen LogP contribution is -2.42. The van der Waals surface area contributed by atoms with E-state index in [1.54, 1.807) is 18.2 Å². The summed E-state index contributed by atoms with van der Waals surface area (Å²) in [5.41, 5.74) is 0.777. The quantitative estimate of drug-likeness (QED) is 0.124. The number of hydrogen-bond donors (Lipinski definition) is 5. The van der Waals surface area contributed by atoms with Gasteiger partial charge in [-0.2, -0.15) is 11.8 Å². The number of rotatable bonds is 11. The lowest BCUT2D eigenvalue weighted by atomic mass is 10.0. The molecular formula is C25H26I3N3O6S. The van der Waals surface area contributed by atoms with Gasteiger partial charge in [0.2, 0.25) is 5.91 Å². The zero-order valence-electron chi connectivity index (χ0n) is 20.0. The molecule has 5 N–H and O–H groups in total. The van der Waals surface area contributed by atoms with E-state index in [9.17, 15) is 24.6 Å². The van der Waals surface area contributed by atoms with Crippen LogP contribution >= 0.6 is 79.5 Å². The van der Waals surface area contributed by atoms with Gasteiger partial charge in [-0.15, -0.1) is 0 Å².